The first kappa shape index (κ1) is 21.1. The van der Waals surface area contributed by atoms with Crippen molar-refractivity contribution in [2.24, 2.45) is 0 Å². The van der Waals surface area contributed by atoms with E-state index >= 15 is 0 Å². The van der Waals surface area contributed by atoms with Crippen molar-refractivity contribution in [3.8, 4) is 11.5 Å². The summed E-state index contributed by atoms with van der Waals surface area (Å²) < 4.78 is 5.78. The van der Waals surface area contributed by atoms with Crippen LogP contribution in [0.25, 0.3) is 11.5 Å². The molecule has 0 saturated carbocycles. The molecule has 0 fully saturated rings. The molecule has 2 aromatic carbocycles. The average Bonchev–Trinajstić information content (AvgIpc) is 3.13. The molecule has 0 radical (unpaired) electrons. The first-order valence-electron chi connectivity index (χ1n) is 9.65. The zero-order chi connectivity index (χ0) is 21.2. The summed E-state index contributed by atoms with van der Waals surface area (Å²) in [6.45, 7) is 10.6. The first-order chi connectivity index (χ1) is 13.7. The van der Waals surface area contributed by atoms with Gasteiger partial charge in [0, 0.05) is 11.6 Å². The van der Waals surface area contributed by atoms with Crippen LogP contribution in [-0.4, -0.2) is 27.0 Å². The molecule has 0 aliphatic heterocycles. The van der Waals surface area contributed by atoms with Crippen molar-refractivity contribution >= 4 is 17.5 Å². The number of carbonyl (C=O) groups is 1. The zero-order valence-electron chi connectivity index (χ0n) is 17.4. The number of rotatable bonds is 5. The van der Waals surface area contributed by atoms with E-state index in [9.17, 15) is 4.79 Å². The fraction of sp³-hybridized carbons (Fsp3) is 0.348. The van der Waals surface area contributed by atoms with Gasteiger partial charge in [-0.05, 0) is 49.1 Å². The van der Waals surface area contributed by atoms with Gasteiger partial charge in [-0.1, -0.05) is 56.6 Å². The molecule has 152 valence electrons. The lowest BCUT2D eigenvalue weighted by molar-refractivity contribution is 0.0672. The highest BCUT2D eigenvalue weighted by Crippen LogP contribution is 2.27. The van der Waals surface area contributed by atoms with Crippen LogP contribution in [0, 0.1) is 0 Å². The molecule has 0 atom stereocenters. The van der Waals surface area contributed by atoms with Crippen LogP contribution in [0.3, 0.4) is 0 Å². The number of halogens is 1. The van der Waals surface area contributed by atoms with Gasteiger partial charge in [0.25, 0.3) is 5.91 Å². The van der Waals surface area contributed by atoms with Crippen molar-refractivity contribution in [1.82, 2.24) is 15.1 Å². The van der Waals surface area contributed by atoms with E-state index in [1.807, 2.05) is 56.3 Å². The van der Waals surface area contributed by atoms with E-state index in [1.165, 1.54) is 5.56 Å². The molecule has 29 heavy (non-hydrogen) atoms. The maximum Gasteiger partial charge on any atom is 0.254 e. The Morgan fingerprint density at radius 1 is 1.07 bits per heavy atom. The molecule has 5 nitrogen and oxygen atoms in total. The third kappa shape index (κ3) is 4.85. The molecule has 0 saturated heterocycles. The highest BCUT2D eigenvalue weighted by molar-refractivity contribution is 6.33. The summed E-state index contributed by atoms with van der Waals surface area (Å²) in [5.74, 6) is 0.641. The Morgan fingerprint density at radius 2 is 1.72 bits per heavy atom. The van der Waals surface area contributed by atoms with Gasteiger partial charge in [0.2, 0.25) is 11.8 Å². The van der Waals surface area contributed by atoms with Crippen molar-refractivity contribution in [2.45, 2.75) is 52.6 Å². The quantitative estimate of drug-likeness (QED) is 0.537. The lowest BCUT2D eigenvalue weighted by Gasteiger charge is -2.26. The van der Waals surface area contributed by atoms with Crippen molar-refractivity contribution in [2.75, 3.05) is 0 Å². The van der Waals surface area contributed by atoms with Crippen LogP contribution < -0.4 is 0 Å². The predicted molar refractivity (Wildman–Crippen MR) is 115 cm³/mol. The third-order valence-corrected chi connectivity index (χ3v) is 5.09. The van der Waals surface area contributed by atoms with Gasteiger partial charge in [-0.3, -0.25) is 4.79 Å². The molecule has 0 unspecified atom stereocenters. The Kier molecular flexibility index (Phi) is 6.08. The molecular weight excluding hydrogens is 386 g/mol. The summed E-state index contributed by atoms with van der Waals surface area (Å²) in [7, 11) is 0. The van der Waals surface area contributed by atoms with Crippen LogP contribution in [0.1, 0.15) is 56.4 Å². The lowest BCUT2D eigenvalue weighted by Crippen LogP contribution is -2.36. The monoisotopic (exact) mass is 411 g/mol. The van der Waals surface area contributed by atoms with Crippen molar-refractivity contribution in [1.29, 1.82) is 0 Å². The van der Waals surface area contributed by atoms with E-state index < -0.39 is 0 Å². The third-order valence-electron chi connectivity index (χ3n) is 4.76. The number of benzene rings is 2. The fourth-order valence-corrected chi connectivity index (χ4v) is 3.19. The molecule has 3 rings (SSSR count). The molecule has 1 aromatic heterocycles. The Morgan fingerprint density at radius 3 is 2.31 bits per heavy atom. The summed E-state index contributed by atoms with van der Waals surface area (Å²) in [6.07, 6.45) is 0. The summed E-state index contributed by atoms with van der Waals surface area (Å²) in [6, 6.07) is 15.0. The summed E-state index contributed by atoms with van der Waals surface area (Å²) in [4.78, 5) is 14.8. The number of amides is 1. The normalized spacial score (nSPS) is 11.7. The molecule has 0 aliphatic carbocycles. The molecule has 1 amide bonds. The molecule has 0 bridgehead atoms. The van der Waals surface area contributed by atoms with Gasteiger partial charge in [0.05, 0.1) is 17.1 Å². The fourth-order valence-electron chi connectivity index (χ4n) is 2.97. The number of aromatic nitrogens is 2. The molecule has 0 spiro atoms. The highest BCUT2D eigenvalue weighted by atomic mass is 35.5. The largest absolute Gasteiger partial charge is 0.419 e. The lowest BCUT2D eigenvalue weighted by atomic mass is 9.86. The van der Waals surface area contributed by atoms with E-state index in [0.29, 0.717) is 27.9 Å². The van der Waals surface area contributed by atoms with Crippen LogP contribution in [0.5, 0.6) is 0 Å². The van der Waals surface area contributed by atoms with Gasteiger partial charge in [0.15, 0.2) is 0 Å². The Balaban J connectivity index is 1.80. The Hall–Kier alpha value is -2.66. The van der Waals surface area contributed by atoms with Crippen molar-refractivity contribution < 1.29 is 9.21 Å². The molecule has 3 aromatic rings. The Labute approximate surface area is 176 Å². The van der Waals surface area contributed by atoms with E-state index in [-0.39, 0.29) is 23.9 Å². The molecule has 0 N–H and O–H groups in total. The highest BCUT2D eigenvalue weighted by Gasteiger charge is 2.23. The summed E-state index contributed by atoms with van der Waals surface area (Å²) >= 11 is 6.21. The number of hydrogen-bond acceptors (Lipinski definition) is 4. The maximum atomic E-state index is 13.1. The first-order valence-corrected chi connectivity index (χ1v) is 10.0. The number of hydrogen-bond donors (Lipinski definition) is 0. The van der Waals surface area contributed by atoms with Gasteiger partial charge < -0.3 is 9.32 Å². The van der Waals surface area contributed by atoms with Crippen LogP contribution in [0.4, 0.5) is 0 Å². The number of carbonyl (C=O) groups excluding carboxylic acids is 1. The second kappa shape index (κ2) is 8.37. The maximum absolute atomic E-state index is 13.1. The van der Waals surface area contributed by atoms with Crippen molar-refractivity contribution in [3.63, 3.8) is 0 Å². The SMILES string of the molecule is CC(C)N(Cc1nnc(-c2ccccc2Cl)o1)C(=O)c1ccc(C(C)(C)C)cc1. The molecule has 0 aliphatic rings. The summed E-state index contributed by atoms with van der Waals surface area (Å²) in [5, 5.41) is 8.74. The van der Waals surface area contributed by atoms with Gasteiger partial charge in [-0.15, -0.1) is 10.2 Å². The van der Waals surface area contributed by atoms with Crippen LogP contribution >= 0.6 is 11.6 Å². The molecular formula is C23H26ClN3O2. The van der Waals surface area contributed by atoms with Crippen LogP contribution in [-0.2, 0) is 12.0 Å². The van der Waals surface area contributed by atoms with Crippen LogP contribution in [0.15, 0.2) is 52.9 Å². The van der Waals surface area contributed by atoms with E-state index in [1.54, 1.807) is 11.0 Å². The Bertz CT molecular complexity index is 988. The second-order valence-electron chi connectivity index (χ2n) is 8.33. The minimum Gasteiger partial charge on any atom is -0.419 e. The van der Waals surface area contributed by atoms with Gasteiger partial charge >= 0.3 is 0 Å². The van der Waals surface area contributed by atoms with Gasteiger partial charge in [0.1, 0.15) is 0 Å². The molecule has 1 heterocycles. The minimum absolute atomic E-state index is 0.0274. The van der Waals surface area contributed by atoms with Crippen LogP contribution in [0.2, 0.25) is 5.02 Å². The smallest absolute Gasteiger partial charge is 0.254 e. The molecule has 6 heteroatoms. The van der Waals surface area contributed by atoms with Gasteiger partial charge in [-0.25, -0.2) is 0 Å². The summed E-state index contributed by atoms with van der Waals surface area (Å²) in [5.41, 5.74) is 2.54. The van der Waals surface area contributed by atoms with Crippen molar-refractivity contribution in [3.05, 3.63) is 70.6 Å². The zero-order valence-corrected chi connectivity index (χ0v) is 18.2. The topological polar surface area (TPSA) is 59.2 Å². The minimum atomic E-state index is -0.0713. The van der Waals surface area contributed by atoms with E-state index in [0.717, 1.165) is 0 Å². The average molecular weight is 412 g/mol. The van der Waals surface area contributed by atoms with E-state index in [4.69, 9.17) is 16.0 Å². The standard InChI is InChI=1S/C23H26ClN3O2/c1-15(2)27(22(28)16-10-12-17(13-11-16)23(3,4)5)14-20-25-26-21(29-20)18-8-6-7-9-19(18)24/h6-13,15H,14H2,1-5H3. The van der Waals surface area contributed by atoms with Gasteiger partial charge in [-0.2, -0.15) is 0 Å². The second-order valence-corrected chi connectivity index (χ2v) is 8.74. The number of nitrogens with zero attached hydrogens (tertiary/aromatic N) is 3. The van der Waals surface area contributed by atoms with E-state index in [2.05, 4.69) is 31.0 Å². The predicted octanol–water partition coefficient (Wildman–Crippen LogP) is 5.74.